The monoisotopic (exact) mass is 378 g/mol. The predicted octanol–water partition coefficient (Wildman–Crippen LogP) is 6.12. The number of hydrogen-bond donors (Lipinski definition) is 1. The maximum Gasteiger partial charge on any atom is 0.0991 e. The lowest BCUT2D eigenvalue weighted by atomic mass is 9.81. The van der Waals surface area contributed by atoms with Crippen LogP contribution >= 0.6 is 0 Å². The van der Waals surface area contributed by atoms with Gasteiger partial charge in [-0.15, -0.1) is 0 Å². The van der Waals surface area contributed by atoms with Gasteiger partial charge in [0.1, 0.15) is 0 Å². The van der Waals surface area contributed by atoms with Crippen LogP contribution in [0, 0.1) is 19.8 Å². The molecule has 1 N–H and O–H groups in total. The highest BCUT2D eigenvalue weighted by Gasteiger charge is 2.45. The average molecular weight is 379 g/mol. The van der Waals surface area contributed by atoms with Gasteiger partial charge >= 0.3 is 0 Å². The van der Waals surface area contributed by atoms with Gasteiger partial charge in [0.05, 0.1) is 11.4 Å². The Bertz CT molecular complexity index is 812. The largest absolute Gasteiger partial charge is 0.362 e. The molecule has 2 heteroatoms. The Hall–Kier alpha value is -1.70. The van der Waals surface area contributed by atoms with Gasteiger partial charge in [-0.05, 0) is 106 Å². The topological polar surface area (TPSA) is 15.3 Å². The van der Waals surface area contributed by atoms with Crippen LogP contribution in [0.2, 0.25) is 0 Å². The summed E-state index contributed by atoms with van der Waals surface area (Å²) in [5.41, 5.74) is 7.93. The third-order valence-corrected chi connectivity index (χ3v) is 8.03. The molecule has 4 rings (SSSR count). The third-order valence-electron chi connectivity index (χ3n) is 8.03. The molecule has 3 aliphatic rings. The highest BCUT2D eigenvalue weighted by Crippen LogP contribution is 2.54. The summed E-state index contributed by atoms with van der Waals surface area (Å²) in [7, 11) is 0. The molecule has 2 aliphatic carbocycles. The molecule has 2 saturated carbocycles. The van der Waals surface area contributed by atoms with Crippen LogP contribution in [0.15, 0.2) is 36.8 Å². The highest BCUT2D eigenvalue weighted by molar-refractivity contribution is 5.48. The summed E-state index contributed by atoms with van der Waals surface area (Å²) in [6, 6.07) is 5.34. The minimum Gasteiger partial charge on any atom is -0.362 e. The summed E-state index contributed by atoms with van der Waals surface area (Å²) in [4.78, 5) is 2.40. The fourth-order valence-corrected chi connectivity index (χ4v) is 5.89. The zero-order chi connectivity index (χ0) is 20.3. The zero-order valence-corrected chi connectivity index (χ0v) is 18.6. The Kier molecular flexibility index (Phi) is 4.68. The smallest absolute Gasteiger partial charge is 0.0991 e. The van der Waals surface area contributed by atoms with E-state index in [1.807, 2.05) is 0 Å². The molecule has 3 fully saturated rings. The van der Waals surface area contributed by atoms with Crippen molar-refractivity contribution in [2.24, 2.45) is 5.92 Å². The molecular weight excluding hydrogens is 340 g/mol. The van der Waals surface area contributed by atoms with Crippen LogP contribution in [-0.2, 0) is 11.8 Å². The van der Waals surface area contributed by atoms with Crippen molar-refractivity contribution in [3.05, 3.63) is 59.1 Å². The molecule has 1 heterocycles. The molecule has 28 heavy (non-hydrogen) atoms. The van der Waals surface area contributed by atoms with Crippen molar-refractivity contribution < 1.29 is 0 Å². The van der Waals surface area contributed by atoms with Crippen molar-refractivity contribution in [2.45, 2.75) is 96.6 Å². The normalized spacial score (nSPS) is 28.0. The molecule has 0 aromatic heterocycles. The van der Waals surface area contributed by atoms with Crippen molar-refractivity contribution in [3.8, 4) is 0 Å². The second-order valence-electron chi connectivity index (χ2n) is 10.2. The van der Waals surface area contributed by atoms with Gasteiger partial charge in [0, 0.05) is 11.7 Å². The first-order chi connectivity index (χ1) is 13.2. The maximum absolute atomic E-state index is 4.38. The molecule has 0 bridgehead atoms. The third kappa shape index (κ3) is 3.09. The molecule has 2 nitrogen and oxygen atoms in total. The summed E-state index contributed by atoms with van der Waals surface area (Å²) in [5.74, 6) is 1.80. The van der Waals surface area contributed by atoms with Crippen LogP contribution in [0.1, 0.15) is 81.5 Å². The summed E-state index contributed by atoms with van der Waals surface area (Å²) >= 11 is 0. The van der Waals surface area contributed by atoms with Crippen LogP contribution < -0.4 is 5.32 Å². The van der Waals surface area contributed by atoms with Gasteiger partial charge in [-0.3, -0.25) is 0 Å². The highest BCUT2D eigenvalue weighted by atomic mass is 15.4. The van der Waals surface area contributed by atoms with Gasteiger partial charge in [0.2, 0.25) is 0 Å². The number of nitrogens with one attached hydrogen (secondary N) is 1. The van der Waals surface area contributed by atoms with Gasteiger partial charge in [0.25, 0.3) is 0 Å². The van der Waals surface area contributed by atoms with Crippen molar-refractivity contribution >= 4 is 0 Å². The molecule has 2 atom stereocenters. The second-order valence-corrected chi connectivity index (χ2v) is 10.2. The van der Waals surface area contributed by atoms with Crippen LogP contribution in [0.5, 0.6) is 0 Å². The molecule has 1 aromatic rings. The van der Waals surface area contributed by atoms with E-state index in [-0.39, 0.29) is 5.54 Å². The number of aryl methyl sites for hydroxylation is 1. The van der Waals surface area contributed by atoms with Crippen molar-refractivity contribution in [1.29, 1.82) is 0 Å². The minimum atomic E-state index is -0.0735. The molecule has 0 radical (unpaired) electrons. The fourth-order valence-electron chi connectivity index (χ4n) is 5.89. The number of benzene rings is 1. The first kappa shape index (κ1) is 19.6. The Labute approximate surface area is 172 Å². The lowest BCUT2D eigenvalue weighted by Gasteiger charge is -2.29. The Balaban J connectivity index is 1.52. The van der Waals surface area contributed by atoms with E-state index in [4.69, 9.17) is 0 Å². The van der Waals surface area contributed by atoms with E-state index in [9.17, 15) is 0 Å². The molecule has 152 valence electrons. The maximum atomic E-state index is 4.38. The average Bonchev–Trinajstić information content (AvgIpc) is 3.24. The Morgan fingerprint density at radius 2 is 1.86 bits per heavy atom. The molecule has 1 saturated heterocycles. The molecule has 1 aliphatic heterocycles. The van der Waals surface area contributed by atoms with Gasteiger partial charge in [-0.2, -0.15) is 0 Å². The van der Waals surface area contributed by atoms with Crippen LogP contribution in [0.4, 0.5) is 0 Å². The Morgan fingerprint density at radius 1 is 1.14 bits per heavy atom. The van der Waals surface area contributed by atoms with E-state index in [0.717, 1.165) is 11.7 Å². The van der Waals surface area contributed by atoms with Gasteiger partial charge < -0.3 is 10.2 Å². The minimum absolute atomic E-state index is 0.0735. The van der Waals surface area contributed by atoms with Crippen molar-refractivity contribution in [3.63, 3.8) is 0 Å². The van der Waals surface area contributed by atoms with E-state index >= 15 is 0 Å². The van der Waals surface area contributed by atoms with E-state index < -0.39 is 0 Å². The molecule has 1 aromatic carbocycles. The predicted molar refractivity (Wildman–Crippen MR) is 119 cm³/mol. The summed E-state index contributed by atoms with van der Waals surface area (Å²) in [6.07, 6.45) is 9.09. The van der Waals surface area contributed by atoms with Crippen LogP contribution in [0.25, 0.3) is 0 Å². The summed E-state index contributed by atoms with van der Waals surface area (Å²) in [5, 5.41) is 3.52. The first-order valence-corrected chi connectivity index (χ1v) is 11.2. The summed E-state index contributed by atoms with van der Waals surface area (Å²) < 4.78 is 0. The quantitative estimate of drug-likeness (QED) is 0.663. The van der Waals surface area contributed by atoms with E-state index in [0.29, 0.717) is 11.5 Å². The zero-order valence-electron chi connectivity index (χ0n) is 18.6. The number of hydrogen-bond acceptors (Lipinski definition) is 2. The summed E-state index contributed by atoms with van der Waals surface area (Å²) in [6.45, 7) is 20.1. The molecule has 0 unspecified atom stereocenters. The molecule has 0 spiro atoms. The Morgan fingerprint density at radius 3 is 2.43 bits per heavy atom. The van der Waals surface area contributed by atoms with Crippen LogP contribution in [0.3, 0.4) is 0 Å². The van der Waals surface area contributed by atoms with Crippen LogP contribution in [-0.4, -0.2) is 16.5 Å². The van der Waals surface area contributed by atoms with Gasteiger partial charge in [-0.1, -0.05) is 32.2 Å². The second kappa shape index (κ2) is 6.68. The lowest BCUT2D eigenvalue weighted by Crippen LogP contribution is -2.33. The van der Waals surface area contributed by atoms with E-state index in [1.54, 1.807) is 16.7 Å². The fraction of sp³-hybridized carbons (Fsp3) is 0.615. The standard InChI is InChI=1S/C26H38N2/c1-8-26(13-14-26)24-18(3)17(2)9-11-22(24)15-21-10-12-23(16-21)28-19(4)25(6,7)27-20(28)5/h9,11,21,23,27H,4-5,8,10,12-16H2,1-3,6-7H3/t21-,23+/m0/s1. The number of rotatable bonds is 5. The van der Waals surface area contributed by atoms with E-state index in [2.05, 4.69) is 70.1 Å². The van der Waals surface area contributed by atoms with Crippen molar-refractivity contribution in [1.82, 2.24) is 10.2 Å². The van der Waals surface area contributed by atoms with Gasteiger partial charge in [-0.25, -0.2) is 0 Å². The number of nitrogens with zero attached hydrogens (tertiary/aromatic N) is 1. The molecule has 0 amide bonds. The van der Waals surface area contributed by atoms with Crippen molar-refractivity contribution in [2.75, 3.05) is 0 Å². The molecular formula is C26H38N2. The lowest BCUT2D eigenvalue weighted by molar-refractivity contribution is 0.319. The van der Waals surface area contributed by atoms with Gasteiger partial charge in [0.15, 0.2) is 0 Å². The van der Waals surface area contributed by atoms with E-state index in [1.165, 1.54) is 56.2 Å². The SMILES string of the molecule is C=C1NC(C)(C)C(=C)N1[C@@H]1CC[C@@H](Cc2ccc(C)c(C)c2C2(CC)CC2)C1. The first-order valence-electron chi connectivity index (χ1n) is 11.2.